The smallest absolute Gasteiger partial charge is 0.296 e. The van der Waals surface area contributed by atoms with Crippen LogP contribution in [0.5, 0.6) is 0 Å². The molecule has 1 atom stereocenters. The van der Waals surface area contributed by atoms with E-state index in [1.807, 2.05) is 20.8 Å². The van der Waals surface area contributed by atoms with Crippen molar-refractivity contribution < 1.29 is 8.42 Å². The molecule has 0 aliphatic heterocycles. The molecule has 206 valence electrons. The molecule has 4 aromatic rings. The number of nitriles is 1. The van der Waals surface area contributed by atoms with Gasteiger partial charge in [0.25, 0.3) is 5.56 Å². The van der Waals surface area contributed by atoms with Crippen LogP contribution in [0.3, 0.4) is 0 Å². The van der Waals surface area contributed by atoms with Crippen LogP contribution < -0.4 is 10.9 Å². The number of nitrogens with one attached hydrogen (secondary N) is 1. The largest absolute Gasteiger partial charge is 0.360 e. The van der Waals surface area contributed by atoms with E-state index in [-0.39, 0.29) is 34.6 Å². The number of rotatable bonds is 9. The van der Waals surface area contributed by atoms with Crippen LogP contribution in [0.1, 0.15) is 62.7 Å². The molecule has 5 rings (SSSR count). The van der Waals surface area contributed by atoms with E-state index in [4.69, 9.17) is 4.98 Å². The van der Waals surface area contributed by atoms with Gasteiger partial charge in [-0.1, -0.05) is 20.8 Å². The standard InChI is InChI=1S/C27H29N9O3S/c1-5-40(38,39)19-9-8-18(29-12-19)11-30-25-27(37)36(21(10-28)15(2)3)26-20(34-25)13-31-24(35-26)22-16(4)32-14-33-23(22)17-6-7-17/h8-9,12-15,17,21H,5-7,11H2,1-4H3,(H,30,34)/t21-/m0/s1. The number of anilines is 1. The van der Waals surface area contributed by atoms with Gasteiger partial charge in [0.15, 0.2) is 27.1 Å². The number of sulfone groups is 1. The number of aryl methyl sites for hydroxylation is 1. The summed E-state index contributed by atoms with van der Waals surface area (Å²) in [4.78, 5) is 40.7. The van der Waals surface area contributed by atoms with E-state index in [0.717, 1.165) is 29.8 Å². The summed E-state index contributed by atoms with van der Waals surface area (Å²) >= 11 is 0. The molecule has 0 aromatic carbocycles. The van der Waals surface area contributed by atoms with Crippen molar-refractivity contribution in [2.75, 3.05) is 11.1 Å². The normalized spacial score (nSPS) is 14.3. The molecule has 1 fully saturated rings. The van der Waals surface area contributed by atoms with Gasteiger partial charge in [-0.15, -0.1) is 0 Å². The van der Waals surface area contributed by atoms with Crippen molar-refractivity contribution in [3.05, 3.63) is 58.3 Å². The predicted octanol–water partition coefficient (Wildman–Crippen LogP) is 3.35. The maximum Gasteiger partial charge on any atom is 0.296 e. The zero-order chi connectivity index (χ0) is 28.6. The van der Waals surface area contributed by atoms with Crippen LogP contribution in [0.4, 0.5) is 5.82 Å². The Morgan fingerprint density at radius 3 is 2.52 bits per heavy atom. The van der Waals surface area contributed by atoms with Gasteiger partial charge < -0.3 is 5.32 Å². The summed E-state index contributed by atoms with van der Waals surface area (Å²) in [6.45, 7) is 7.28. The molecule has 40 heavy (non-hydrogen) atoms. The average Bonchev–Trinajstić information content (AvgIpc) is 3.79. The number of pyridine rings is 1. The summed E-state index contributed by atoms with van der Waals surface area (Å²) in [5, 5.41) is 13.0. The second-order valence-corrected chi connectivity index (χ2v) is 12.4. The van der Waals surface area contributed by atoms with E-state index in [1.54, 1.807) is 25.5 Å². The first-order valence-corrected chi connectivity index (χ1v) is 14.7. The average molecular weight is 560 g/mol. The first kappa shape index (κ1) is 27.3. The Labute approximate surface area is 231 Å². The van der Waals surface area contributed by atoms with Gasteiger partial charge in [0.05, 0.1) is 52.1 Å². The molecule has 1 saturated carbocycles. The lowest BCUT2D eigenvalue weighted by Gasteiger charge is -2.20. The molecule has 0 unspecified atom stereocenters. The van der Waals surface area contributed by atoms with Crippen molar-refractivity contribution in [1.82, 2.24) is 34.5 Å². The molecule has 0 saturated heterocycles. The van der Waals surface area contributed by atoms with Crippen LogP contribution in [-0.4, -0.2) is 48.6 Å². The van der Waals surface area contributed by atoms with E-state index < -0.39 is 21.4 Å². The summed E-state index contributed by atoms with van der Waals surface area (Å²) < 4.78 is 25.5. The van der Waals surface area contributed by atoms with Crippen LogP contribution in [0.15, 0.2) is 40.5 Å². The highest BCUT2D eigenvalue weighted by atomic mass is 32.2. The Hall–Kier alpha value is -4.31. The van der Waals surface area contributed by atoms with Crippen LogP contribution in [-0.2, 0) is 16.4 Å². The molecule has 0 spiro atoms. The fraction of sp³-hybridized carbons (Fsp3) is 0.407. The van der Waals surface area contributed by atoms with Crippen molar-refractivity contribution in [1.29, 1.82) is 5.26 Å². The molecule has 1 aliphatic rings. The van der Waals surface area contributed by atoms with Gasteiger partial charge in [0.2, 0.25) is 0 Å². The maximum atomic E-state index is 13.7. The predicted molar refractivity (Wildman–Crippen MR) is 148 cm³/mol. The second-order valence-electron chi connectivity index (χ2n) is 10.1. The SMILES string of the molecule is CCS(=O)(=O)c1ccc(CNc2nc3cnc(-c4c(C)ncnc4C4CC4)nc3n([C@@H](C#N)C(C)C)c2=O)nc1. The van der Waals surface area contributed by atoms with E-state index >= 15 is 0 Å². The van der Waals surface area contributed by atoms with Crippen LogP contribution in [0.25, 0.3) is 22.6 Å². The van der Waals surface area contributed by atoms with E-state index in [0.29, 0.717) is 23.0 Å². The molecular formula is C27H29N9O3S. The van der Waals surface area contributed by atoms with Crippen molar-refractivity contribution in [2.45, 2.75) is 63.9 Å². The Morgan fingerprint density at radius 2 is 1.90 bits per heavy atom. The summed E-state index contributed by atoms with van der Waals surface area (Å²) in [7, 11) is -3.37. The van der Waals surface area contributed by atoms with E-state index in [2.05, 4.69) is 36.3 Å². The van der Waals surface area contributed by atoms with E-state index in [9.17, 15) is 18.5 Å². The fourth-order valence-electron chi connectivity index (χ4n) is 4.47. The van der Waals surface area contributed by atoms with Crippen molar-refractivity contribution in [3.63, 3.8) is 0 Å². The Morgan fingerprint density at radius 1 is 1.12 bits per heavy atom. The molecule has 0 bridgehead atoms. The first-order valence-electron chi connectivity index (χ1n) is 13.1. The van der Waals surface area contributed by atoms with Gasteiger partial charge in [0, 0.05) is 12.1 Å². The van der Waals surface area contributed by atoms with Gasteiger partial charge >= 0.3 is 0 Å². The zero-order valence-electron chi connectivity index (χ0n) is 22.7. The van der Waals surface area contributed by atoms with Gasteiger partial charge in [-0.3, -0.25) is 14.3 Å². The highest BCUT2D eigenvalue weighted by Gasteiger charge is 2.31. The van der Waals surface area contributed by atoms with Crippen LogP contribution in [0, 0.1) is 24.2 Å². The molecule has 1 aliphatic carbocycles. The van der Waals surface area contributed by atoms with Gasteiger partial charge in [-0.25, -0.2) is 33.3 Å². The lowest BCUT2D eigenvalue weighted by molar-refractivity contribution is 0.458. The van der Waals surface area contributed by atoms with Crippen LogP contribution >= 0.6 is 0 Å². The van der Waals surface area contributed by atoms with Crippen molar-refractivity contribution in [3.8, 4) is 17.5 Å². The maximum absolute atomic E-state index is 13.7. The highest BCUT2D eigenvalue weighted by Crippen LogP contribution is 2.43. The monoisotopic (exact) mass is 559 g/mol. The molecule has 4 heterocycles. The summed E-state index contributed by atoms with van der Waals surface area (Å²) in [6.07, 6.45) is 6.45. The minimum absolute atomic E-state index is 0.00898. The third kappa shape index (κ3) is 5.14. The third-order valence-electron chi connectivity index (χ3n) is 6.90. The fourth-order valence-corrected chi connectivity index (χ4v) is 5.30. The second kappa shape index (κ2) is 10.7. The third-order valence-corrected chi connectivity index (χ3v) is 8.62. The van der Waals surface area contributed by atoms with E-state index in [1.165, 1.54) is 16.8 Å². The number of fused-ring (bicyclic) bond motifs is 1. The summed E-state index contributed by atoms with van der Waals surface area (Å²) in [5.74, 6) is 0.503. The number of hydrogen-bond acceptors (Lipinski definition) is 11. The molecule has 0 amide bonds. The molecule has 1 N–H and O–H groups in total. The minimum atomic E-state index is -3.37. The van der Waals surface area contributed by atoms with Crippen LogP contribution in [0.2, 0.25) is 0 Å². The molecule has 13 heteroatoms. The minimum Gasteiger partial charge on any atom is -0.360 e. The molecule has 12 nitrogen and oxygen atoms in total. The Kier molecular flexibility index (Phi) is 7.29. The molecule has 0 radical (unpaired) electrons. The van der Waals surface area contributed by atoms with Gasteiger partial charge in [0.1, 0.15) is 17.9 Å². The zero-order valence-corrected chi connectivity index (χ0v) is 23.5. The lowest BCUT2D eigenvalue weighted by atomic mass is 10.1. The molecule has 4 aromatic heterocycles. The Bertz CT molecular complexity index is 1790. The van der Waals surface area contributed by atoms with Gasteiger partial charge in [-0.05, 0) is 37.8 Å². The van der Waals surface area contributed by atoms with Crippen molar-refractivity contribution >= 4 is 26.8 Å². The van der Waals surface area contributed by atoms with Crippen molar-refractivity contribution in [2.24, 2.45) is 5.92 Å². The quantitative estimate of drug-likeness (QED) is 0.319. The first-order chi connectivity index (χ1) is 19.1. The lowest BCUT2D eigenvalue weighted by Crippen LogP contribution is -2.31. The number of hydrogen-bond donors (Lipinski definition) is 1. The number of aromatic nitrogens is 7. The van der Waals surface area contributed by atoms with Gasteiger partial charge in [-0.2, -0.15) is 5.26 Å². The summed E-state index contributed by atoms with van der Waals surface area (Å²) in [5.41, 5.74) is 2.96. The topological polar surface area (TPSA) is 169 Å². The number of nitrogens with zero attached hydrogens (tertiary/aromatic N) is 8. The summed E-state index contributed by atoms with van der Waals surface area (Å²) in [6, 6.07) is 4.50. The highest BCUT2D eigenvalue weighted by molar-refractivity contribution is 7.91. The molecular weight excluding hydrogens is 530 g/mol. The Balaban J connectivity index is 1.58.